The zero-order chi connectivity index (χ0) is 16.4. The second-order valence-corrected chi connectivity index (χ2v) is 6.50. The second-order valence-electron chi connectivity index (χ2n) is 6.50. The molecule has 2 heterocycles. The monoisotopic (exact) mass is 311 g/mol. The van der Waals surface area contributed by atoms with Gasteiger partial charge in [0, 0.05) is 24.1 Å². The lowest BCUT2D eigenvalue weighted by Crippen LogP contribution is -2.43. The van der Waals surface area contributed by atoms with E-state index in [1.807, 2.05) is 23.1 Å². The minimum Gasteiger partial charge on any atom is -0.480 e. The van der Waals surface area contributed by atoms with E-state index in [0.717, 1.165) is 6.42 Å². The Bertz CT molecular complexity index is 683. The van der Waals surface area contributed by atoms with E-state index < -0.39 is 0 Å². The number of nitrogens with zero attached hydrogens (tertiary/aromatic N) is 3. The van der Waals surface area contributed by atoms with Gasteiger partial charge in [-0.25, -0.2) is 0 Å². The summed E-state index contributed by atoms with van der Waals surface area (Å²) in [6.45, 7) is 4.90. The average Bonchev–Trinajstić information content (AvgIpc) is 2.90. The van der Waals surface area contributed by atoms with Crippen LogP contribution in [-0.4, -0.2) is 40.2 Å². The zero-order valence-electron chi connectivity index (χ0n) is 13.7. The zero-order valence-corrected chi connectivity index (χ0v) is 13.7. The van der Waals surface area contributed by atoms with Crippen molar-refractivity contribution in [3.05, 3.63) is 53.7 Å². The molecule has 0 N–H and O–H groups in total. The van der Waals surface area contributed by atoms with Crippen molar-refractivity contribution in [3.8, 4) is 5.88 Å². The number of hydrogen-bond acceptors (Lipinski definition) is 4. The predicted octanol–water partition coefficient (Wildman–Crippen LogP) is 2.89. The van der Waals surface area contributed by atoms with Crippen LogP contribution in [0.25, 0.3) is 0 Å². The highest BCUT2D eigenvalue weighted by molar-refractivity contribution is 5.93. The van der Waals surface area contributed by atoms with Gasteiger partial charge in [0.1, 0.15) is 0 Å². The maximum absolute atomic E-state index is 12.8. The highest BCUT2D eigenvalue weighted by atomic mass is 16.5. The summed E-state index contributed by atoms with van der Waals surface area (Å²) < 4.78 is 4.99. The summed E-state index contributed by atoms with van der Waals surface area (Å²) >= 11 is 0. The van der Waals surface area contributed by atoms with Crippen LogP contribution in [-0.2, 0) is 0 Å². The molecular weight excluding hydrogens is 290 g/mol. The van der Waals surface area contributed by atoms with E-state index in [2.05, 4.69) is 36.2 Å². The SMILES string of the molecule is COc1ccc(C(=O)N2CC(c3ccccc3)CC2(C)C)nn1. The Morgan fingerprint density at radius 1 is 1.17 bits per heavy atom. The van der Waals surface area contributed by atoms with Crippen molar-refractivity contribution in [2.45, 2.75) is 31.7 Å². The van der Waals surface area contributed by atoms with Crippen LogP contribution in [0, 0.1) is 0 Å². The molecule has 2 aromatic rings. The largest absolute Gasteiger partial charge is 0.480 e. The quantitative estimate of drug-likeness (QED) is 0.874. The Hall–Kier alpha value is -2.43. The molecule has 23 heavy (non-hydrogen) atoms. The molecule has 0 spiro atoms. The van der Waals surface area contributed by atoms with Crippen molar-refractivity contribution in [2.75, 3.05) is 13.7 Å². The van der Waals surface area contributed by atoms with Gasteiger partial charge in [-0.05, 0) is 31.9 Å². The third kappa shape index (κ3) is 3.04. The molecule has 1 unspecified atom stereocenters. The summed E-state index contributed by atoms with van der Waals surface area (Å²) in [5.74, 6) is 0.675. The molecule has 0 bridgehead atoms. The number of benzene rings is 1. The number of hydrogen-bond donors (Lipinski definition) is 0. The molecule has 5 heteroatoms. The third-order valence-electron chi connectivity index (χ3n) is 4.46. The molecule has 1 saturated heterocycles. The van der Waals surface area contributed by atoms with Crippen LogP contribution in [0.3, 0.4) is 0 Å². The molecule has 0 saturated carbocycles. The third-order valence-corrected chi connectivity index (χ3v) is 4.46. The van der Waals surface area contributed by atoms with Gasteiger partial charge in [-0.1, -0.05) is 30.3 Å². The first-order valence-corrected chi connectivity index (χ1v) is 7.76. The molecule has 1 aromatic carbocycles. The molecule has 1 amide bonds. The summed E-state index contributed by atoms with van der Waals surface area (Å²) in [5, 5.41) is 7.89. The van der Waals surface area contributed by atoms with Gasteiger partial charge in [0.2, 0.25) is 5.88 Å². The number of amides is 1. The fourth-order valence-electron chi connectivity index (χ4n) is 3.23. The van der Waals surface area contributed by atoms with E-state index in [1.165, 1.54) is 12.7 Å². The van der Waals surface area contributed by atoms with Crippen molar-refractivity contribution in [1.82, 2.24) is 15.1 Å². The molecule has 1 atom stereocenters. The number of carbonyl (C=O) groups is 1. The molecule has 3 rings (SSSR count). The lowest BCUT2D eigenvalue weighted by atomic mass is 9.91. The van der Waals surface area contributed by atoms with E-state index >= 15 is 0 Å². The molecule has 5 nitrogen and oxygen atoms in total. The summed E-state index contributed by atoms with van der Waals surface area (Å²) in [5.41, 5.74) is 1.42. The Kier molecular flexibility index (Phi) is 4.03. The smallest absolute Gasteiger partial charge is 0.274 e. The summed E-state index contributed by atoms with van der Waals surface area (Å²) in [4.78, 5) is 14.7. The first kappa shape index (κ1) is 15.5. The number of ether oxygens (including phenoxy) is 1. The van der Waals surface area contributed by atoms with Gasteiger partial charge in [-0.15, -0.1) is 10.2 Å². The van der Waals surface area contributed by atoms with Gasteiger partial charge in [0.05, 0.1) is 7.11 Å². The second kappa shape index (κ2) is 5.99. The number of rotatable bonds is 3. The van der Waals surface area contributed by atoms with Crippen molar-refractivity contribution in [1.29, 1.82) is 0 Å². The minimum atomic E-state index is -0.209. The molecule has 1 aromatic heterocycles. The van der Waals surface area contributed by atoms with Crippen molar-refractivity contribution in [3.63, 3.8) is 0 Å². The maximum atomic E-state index is 12.8. The number of carbonyl (C=O) groups excluding carboxylic acids is 1. The van der Waals surface area contributed by atoms with E-state index in [0.29, 0.717) is 24.0 Å². The van der Waals surface area contributed by atoms with Crippen LogP contribution in [0.2, 0.25) is 0 Å². The number of methoxy groups -OCH3 is 1. The van der Waals surface area contributed by atoms with Crippen LogP contribution >= 0.6 is 0 Å². The minimum absolute atomic E-state index is 0.0800. The maximum Gasteiger partial charge on any atom is 0.274 e. The van der Waals surface area contributed by atoms with E-state index in [1.54, 1.807) is 12.1 Å². The predicted molar refractivity (Wildman–Crippen MR) is 87.5 cm³/mol. The standard InChI is InChI=1S/C18H21N3O2/c1-18(2)11-14(13-7-5-4-6-8-13)12-21(18)17(22)15-9-10-16(23-3)20-19-15/h4-10,14H,11-12H2,1-3H3. The Morgan fingerprint density at radius 2 is 1.91 bits per heavy atom. The summed E-state index contributed by atoms with van der Waals surface area (Å²) in [6, 6.07) is 13.7. The van der Waals surface area contributed by atoms with Crippen molar-refractivity contribution in [2.24, 2.45) is 0 Å². The normalized spacial score (nSPS) is 19.6. The van der Waals surface area contributed by atoms with Crippen molar-refractivity contribution < 1.29 is 9.53 Å². The van der Waals surface area contributed by atoms with Crippen LogP contribution in [0.15, 0.2) is 42.5 Å². The van der Waals surface area contributed by atoms with Gasteiger partial charge in [0.15, 0.2) is 5.69 Å². The lowest BCUT2D eigenvalue weighted by Gasteiger charge is -2.31. The summed E-state index contributed by atoms with van der Waals surface area (Å²) in [7, 11) is 1.53. The Labute approximate surface area is 136 Å². The van der Waals surface area contributed by atoms with E-state index in [9.17, 15) is 4.79 Å². The number of likely N-dealkylation sites (tertiary alicyclic amines) is 1. The fourth-order valence-corrected chi connectivity index (χ4v) is 3.23. The first-order valence-electron chi connectivity index (χ1n) is 7.76. The molecule has 1 aliphatic rings. The van der Waals surface area contributed by atoms with Gasteiger partial charge < -0.3 is 9.64 Å². The van der Waals surface area contributed by atoms with Crippen LogP contribution in [0.5, 0.6) is 5.88 Å². The van der Waals surface area contributed by atoms with E-state index in [4.69, 9.17) is 4.74 Å². The average molecular weight is 311 g/mol. The van der Waals surface area contributed by atoms with Gasteiger partial charge in [0.25, 0.3) is 5.91 Å². The van der Waals surface area contributed by atoms with Crippen molar-refractivity contribution >= 4 is 5.91 Å². The fraction of sp³-hybridized carbons (Fsp3) is 0.389. The van der Waals surface area contributed by atoms with Crippen LogP contribution in [0.1, 0.15) is 42.2 Å². The highest BCUT2D eigenvalue weighted by Crippen LogP contribution is 2.39. The molecule has 1 fully saturated rings. The first-order chi connectivity index (χ1) is 11.0. The van der Waals surface area contributed by atoms with E-state index in [-0.39, 0.29) is 11.4 Å². The van der Waals surface area contributed by atoms with Crippen LogP contribution < -0.4 is 4.74 Å². The Balaban J connectivity index is 1.82. The van der Waals surface area contributed by atoms with Crippen LogP contribution in [0.4, 0.5) is 0 Å². The molecule has 0 aliphatic carbocycles. The van der Waals surface area contributed by atoms with Gasteiger partial charge >= 0.3 is 0 Å². The Morgan fingerprint density at radius 3 is 2.52 bits per heavy atom. The van der Waals surface area contributed by atoms with Gasteiger partial charge in [-0.3, -0.25) is 4.79 Å². The topological polar surface area (TPSA) is 55.3 Å². The summed E-state index contributed by atoms with van der Waals surface area (Å²) in [6.07, 6.45) is 0.937. The molecular formula is C18H21N3O2. The highest BCUT2D eigenvalue weighted by Gasteiger charge is 2.42. The molecule has 1 aliphatic heterocycles. The lowest BCUT2D eigenvalue weighted by molar-refractivity contribution is 0.0643. The molecule has 120 valence electrons. The van der Waals surface area contributed by atoms with Gasteiger partial charge in [-0.2, -0.15) is 0 Å². The molecule has 0 radical (unpaired) electrons. The number of aromatic nitrogens is 2.